The van der Waals surface area contributed by atoms with Crippen LogP contribution in [0.15, 0.2) is 12.1 Å². The van der Waals surface area contributed by atoms with Gasteiger partial charge in [0, 0.05) is 5.46 Å². The third-order valence-electron chi connectivity index (χ3n) is 3.89. The second-order valence-electron chi connectivity index (χ2n) is 6.22. The maximum Gasteiger partial charge on any atom is 0.494 e. The molecule has 0 bridgehead atoms. The summed E-state index contributed by atoms with van der Waals surface area (Å²) in [5.74, 6) is -1.34. The van der Waals surface area contributed by atoms with Gasteiger partial charge in [0.15, 0.2) is 0 Å². The Kier molecular flexibility index (Phi) is 5.38. The van der Waals surface area contributed by atoms with Gasteiger partial charge in [-0.3, -0.25) is 0 Å². The molecule has 0 unspecified atom stereocenters. The fraction of sp³-hybridized carbons (Fsp3) is 0.533. The van der Waals surface area contributed by atoms with Crippen molar-refractivity contribution >= 4 is 18.6 Å². The van der Waals surface area contributed by atoms with Gasteiger partial charge in [0.25, 0.3) is 0 Å². The van der Waals surface area contributed by atoms with Crippen LogP contribution in [0.5, 0.6) is 0 Å². The zero-order valence-electron chi connectivity index (χ0n) is 13.7. The second-order valence-corrected chi connectivity index (χ2v) is 6.22. The average molecular weight is 312 g/mol. The average Bonchev–Trinajstić information content (AvgIpc) is 2.35. The van der Waals surface area contributed by atoms with Crippen LogP contribution in [0.2, 0.25) is 0 Å². The van der Waals surface area contributed by atoms with Crippen molar-refractivity contribution < 1.29 is 28.7 Å². The molecule has 0 aliphatic heterocycles. The molecule has 0 saturated carbocycles. The van der Waals surface area contributed by atoms with Crippen LogP contribution in [0.3, 0.4) is 0 Å². The fourth-order valence-electron chi connectivity index (χ4n) is 1.70. The molecule has 7 heteroatoms. The molecule has 0 spiro atoms. The minimum absolute atomic E-state index is 0.141. The van der Waals surface area contributed by atoms with Crippen LogP contribution in [-0.2, 0) is 9.39 Å². The zero-order chi connectivity index (χ0) is 17.3. The Labute approximate surface area is 130 Å². The number of carbonyl (C=O) groups excluding carboxylic acids is 1. The molecular weight excluding hydrogens is 290 g/mol. The molecule has 0 heterocycles. The zero-order valence-corrected chi connectivity index (χ0v) is 13.7. The number of methoxy groups -OCH3 is 1. The molecule has 0 aliphatic rings. The molecule has 5 nitrogen and oxygen atoms in total. The molecule has 122 valence electrons. The van der Waals surface area contributed by atoms with E-state index < -0.39 is 30.1 Å². The largest absolute Gasteiger partial charge is 0.494 e. The first-order valence-corrected chi connectivity index (χ1v) is 6.87. The van der Waals surface area contributed by atoms with Gasteiger partial charge in [-0.25, -0.2) is 9.18 Å². The first-order valence-electron chi connectivity index (χ1n) is 6.87. The number of aliphatic hydroxyl groups is 1. The van der Waals surface area contributed by atoms with E-state index in [4.69, 9.17) is 4.65 Å². The van der Waals surface area contributed by atoms with Crippen LogP contribution in [0, 0.1) is 12.7 Å². The van der Waals surface area contributed by atoms with Crippen LogP contribution < -0.4 is 5.46 Å². The molecule has 1 rings (SSSR count). The van der Waals surface area contributed by atoms with Gasteiger partial charge in [-0.15, -0.1) is 0 Å². The molecule has 0 saturated heterocycles. The van der Waals surface area contributed by atoms with Gasteiger partial charge in [0.2, 0.25) is 0 Å². The Morgan fingerprint density at radius 3 is 2.27 bits per heavy atom. The summed E-state index contributed by atoms with van der Waals surface area (Å²) in [5, 5.41) is 20.2. The van der Waals surface area contributed by atoms with Crippen LogP contribution in [0.25, 0.3) is 0 Å². The van der Waals surface area contributed by atoms with Crippen LogP contribution in [0.1, 0.15) is 43.6 Å². The summed E-state index contributed by atoms with van der Waals surface area (Å²) >= 11 is 0. The molecule has 0 atom stereocenters. The molecule has 0 amide bonds. The normalized spacial score (nSPS) is 12.2. The summed E-state index contributed by atoms with van der Waals surface area (Å²) in [6.07, 6.45) is 0. The predicted molar refractivity (Wildman–Crippen MR) is 81.5 cm³/mol. The van der Waals surface area contributed by atoms with Crippen molar-refractivity contribution in [3.8, 4) is 0 Å². The van der Waals surface area contributed by atoms with E-state index >= 15 is 0 Å². The van der Waals surface area contributed by atoms with Crippen molar-refractivity contribution in [2.75, 3.05) is 7.11 Å². The number of hydrogen-bond donors (Lipinski definition) is 2. The molecule has 0 aromatic heterocycles. The molecule has 0 radical (unpaired) electrons. The monoisotopic (exact) mass is 312 g/mol. The van der Waals surface area contributed by atoms with E-state index in [2.05, 4.69) is 4.74 Å². The minimum atomic E-state index is -1.63. The van der Waals surface area contributed by atoms with E-state index in [0.29, 0.717) is 5.56 Å². The van der Waals surface area contributed by atoms with Crippen molar-refractivity contribution in [1.29, 1.82) is 0 Å². The van der Waals surface area contributed by atoms with Gasteiger partial charge in [-0.2, -0.15) is 0 Å². The van der Waals surface area contributed by atoms with Gasteiger partial charge in [-0.1, -0.05) is 0 Å². The Hall–Kier alpha value is -1.44. The lowest BCUT2D eigenvalue weighted by atomic mass is 9.75. The predicted octanol–water partition coefficient (Wildman–Crippen LogP) is 1.17. The Morgan fingerprint density at radius 2 is 1.82 bits per heavy atom. The minimum Gasteiger partial charge on any atom is -0.465 e. The Morgan fingerprint density at radius 1 is 1.27 bits per heavy atom. The molecule has 2 N–H and O–H groups in total. The van der Waals surface area contributed by atoms with E-state index in [0.717, 1.165) is 6.07 Å². The standard InChI is InChI=1S/C15H22BFO5/c1-9-7-12(17)11(8-10(9)13(18)21-6)16(20)22-15(4,5)14(2,3)19/h7-8,19-20H,1-6H3. The lowest BCUT2D eigenvalue weighted by Gasteiger charge is -2.38. The number of esters is 1. The first kappa shape index (κ1) is 18.6. The quantitative estimate of drug-likeness (QED) is 0.631. The third-order valence-corrected chi connectivity index (χ3v) is 3.89. The fourth-order valence-corrected chi connectivity index (χ4v) is 1.70. The summed E-state index contributed by atoms with van der Waals surface area (Å²) < 4.78 is 24.1. The van der Waals surface area contributed by atoms with E-state index in [1.54, 1.807) is 20.8 Å². The number of benzene rings is 1. The van der Waals surface area contributed by atoms with E-state index in [1.165, 1.54) is 27.0 Å². The van der Waals surface area contributed by atoms with Gasteiger partial charge in [0.1, 0.15) is 5.82 Å². The highest BCUT2D eigenvalue weighted by Crippen LogP contribution is 2.25. The van der Waals surface area contributed by atoms with E-state index in [-0.39, 0.29) is 11.0 Å². The molecule has 1 aromatic carbocycles. The van der Waals surface area contributed by atoms with Crippen LogP contribution >= 0.6 is 0 Å². The summed E-state index contributed by atoms with van der Waals surface area (Å²) in [6, 6.07) is 2.33. The summed E-state index contributed by atoms with van der Waals surface area (Å²) in [4.78, 5) is 11.7. The topological polar surface area (TPSA) is 76.0 Å². The number of rotatable bonds is 5. The molecule has 0 aliphatic carbocycles. The molecule has 0 fully saturated rings. The van der Waals surface area contributed by atoms with E-state index in [9.17, 15) is 19.3 Å². The van der Waals surface area contributed by atoms with Gasteiger partial charge >= 0.3 is 13.1 Å². The maximum absolute atomic E-state index is 14.1. The smallest absolute Gasteiger partial charge is 0.465 e. The van der Waals surface area contributed by atoms with Crippen molar-refractivity contribution in [3.05, 3.63) is 29.1 Å². The lowest BCUT2D eigenvalue weighted by Crippen LogP contribution is -2.53. The third kappa shape index (κ3) is 3.85. The lowest BCUT2D eigenvalue weighted by molar-refractivity contribution is -0.0983. The molecule has 1 aromatic rings. The van der Waals surface area contributed by atoms with E-state index in [1.807, 2.05) is 0 Å². The van der Waals surface area contributed by atoms with Crippen molar-refractivity contribution in [3.63, 3.8) is 0 Å². The van der Waals surface area contributed by atoms with Crippen LogP contribution in [0.4, 0.5) is 4.39 Å². The summed E-state index contributed by atoms with van der Waals surface area (Å²) in [5.41, 5.74) is -2.07. The second kappa shape index (κ2) is 6.36. The first-order chi connectivity index (χ1) is 9.90. The van der Waals surface area contributed by atoms with Crippen LogP contribution in [-0.4, -0.2) is 41.5 Å². The van der Waals surface area contributed by atoms with Gasteiger partial charge in [0.05, 0.1) is 23.9 Å². The van der Waals surface area contributed by atoms with Gasteiger partial charge < -0.3 is 19.5 Å². The molecular formula is C15H22BFO5. The number of aryl methyl sites for hydroxylation is 1. The Bertz CT molecular complexity index is 566. The van der Waals surface area contributed by atoms with Crippen molar-refractivity contribution in [1.82, 2.24) is 0 Å². The Balaban J connectivity index is 3.18. The number of carbonyl (C=O) groups is 1. The SMILES string of the molecule is COC(=O)c1cc(B(O)OC(C)(C)C(C)(C)O)c(F)cc1C. The van der Waals surface area contributed by atoms with Crippen molar-refractivity contribution in [2.24, 2.45) is 0 Å². The highest BCUT2D eigenvalue weighted by atomic mass is 19.1. The summed E-state index contributed by atoms with van der Waals surface area (Å²) in [7, 11) is -0.416. The highest BCUT2D eigenvalue weighted by Gasteiger charge is 2.40. The summed E-state index contributed by atoms with van der Waals surface area (Å²) in [6.45, 7) is 7.75. The number of ether oxygens (including phenoxy) is 1. The number of halogens is 1. The van der Waals surface area contributed by atoms with Crippen molar-refractivity contribution in [2.45, 2.75) is 45.8 Å². The number of hydrogen-bond acceptors (Lipinski definition) is 5. The highest BCUT2D eigenvalue weighted by molar-refractivity contribution is 6.60. The molecule has 22 heavy (non-hydrogen) atoms. The van der Waals surface area contributed by atoms with Gasteiger partial charge in [-0.05, 0) is 52.3 Å². The maximum atomic E-state index is 14.1.